The smallest absolute Gasteiger partial charge is 0.262 e. The van der Waals surface area contributed by atoms with Crippen molar-refractivity contribution in [3.05, 3.63) is 16.5 Å². The minimum Gasteiger partial charge on any atom is -0.346 e. The first-order chi connectivity index (χ1) is 9.32. The zero-order chi connectivity index (χ0) is 14.9. The average Bonchev–Trinajstić information content (AvgIpc) is 3.14. The number of hydrogen-bond donors (Lipinski definition) is 2. The maximum Gasteiger partial charge on any atom is 0.262 e. The maximum absolute atomic E-state index is 12.3. The lowest BCUT2D eigenvalue weighted by Crippen LogP contribution is -2.42. The van der Waals surface area contributed by atoms with Crippen LogP contribution in [-0.4, -0.2) is 17.4 Å². The third-order valence-corrected chi connectivity index (χ3v) is 4.81. The molecule has 0 aromatic carbocycles. The van der Waals surface area contributed by atoms with Gasteiger partial charge in [0.2, 0.25) is 5.91 Å². The summed E-state index contributed by atoms with van der Waals surface area (Å²) in [6, 6.07) is 1.87. The molecule has 1 aromatic heterocycles. The fourth-order valence-electron chi connectivity index (χ4n) is 1.79. The fraction of sp³-hybridized carbons (Fsp3) is 0.600. The van der Waals surface area contributed by atoms with Crippen molar-refractivity contribution in [2.45, 2.75) is 52.5 Å². The highest BCUT2D eigenvalue weighted by Crippen LogP contribution is 2.33. The predicted molar refractivity (Wildman–Crippen MR) is 82.2 cm³/mol. The van der Waals surface area contributed by atoms with E-state index in [1.165, 1.54) is 11.3 Å². The molecule has 2 rings (SSSR count). The van der Waals surface area contributed by atoms with Gasteiger partial charge >= 0.3 is 0 Å². The number of nitrogens with one attached hydrogen (secondary N) is 2. The Morgan fingerprint density at radius 1 is 1.40 bits per heavy atom. The molecule has 0 atom stereocenters. The van der Waals surface area contributed by atoms with Crippen LogP contribution in [0.2, 0.25) is 0 Å². The lowest BCUT2D eigenvalue weighted by molar-refractivity contribution is -0.117. The van der Waals surface area contributed by atoms with E-state index in [2.05, 4.69) is 10.6 Å². The van der Waals surface area contributed by atoms with E-state index in [4.69, 9.17) is 0 Å². The zero-order valence-corrected chi connectivity index (χ0v) is 13.3. The third-order valence-electron chi connectivity index (χ3n) is 3.65. The van der Waals surface area contributed by atoms with E-state index in [0.717, 1.165) is 29.8 Å². The van der Waals surface area contributed by atoms with Gasteiger partial charge in [0.25, 0.3) is 5.91 Å². The Labute approximate surface area is 124 Å². The number of thiophene rings is 1. The second kappa shape index (κ2) is 5.56. The molecule has 4 nitrogen and oxygen atoms in total. The molecule has 1 aliphatic carbocycles. The zero-order valence-electron chi connectivity index (χ0n) is 12.5. The van der Waals surface area contributed by atoms with E-state index < -0.39 is 0 Å². The minimum atomic E-state index is -0.217. The number of rotatable bonds is 5. The van der Waals surface area contributed by atoms with Gasteiger partial charge < -0.3 is 10.6 Å². The molecule has 1 saturated carbocycles. The predicted octanol–water partition coefficient (Wildman–Crippen LogP) is 3.32. The van der Waals surface area contributed by atoms with Gasteiger partial charge in [-0.1, -0.05) is 6.92 Å². The number of aryl methyl sites for hydroxylation is 1. The maximum atomic E-state index is 12.3. The van der Waals surface area contributed by atoms with Crippen LogP contribution in [0.3, 0.4) is 0 Å². The van der Waals surface area contributed by atoms with Gasteiger partial charge in [-0.3, -0.25) is 9.59 Å². The minimum absolute atomic E-state index is 0.0636. The summed E-state index contributed by atoms with van der Waals surface area (Å²) >= 11 is 1.35. The summed E-state index contributed by atoms with van der Waals surface area (Å²) in [6.07, 6.45) is 2.83. The third kappa shape index (κ3) is 3.60. The molecule has 0 bridgehead atoms. The van der Waals surface area contributed by atoms with Crippen molar-refractivity contribution in [3.8, 4) is 0 Å². The van der Waals surface area contributed by atoms with Gasteiger partial charge in [0.05, 0.1) is 9.88 Å². The summed E-state index contributed by atoms with van der Waals surface area (Å²) in [5.41, 5.74) is 0.691. The van der Waals surface area contributed by atoms with Gasteiger partial charge in [0.1, 0.15) is 0 Å². The van der Waals surface area contributed by atoms with Gasteiger partial charge in [-0.05, 0) is 51.7 Å². The van der Waals surface area contributed by atoms with Crippen LogP contribution in [0.15, 0.2) is 6.07 Å². The summed E-state index contributed by atoms with van der Waals surface area (Å²) in [4.78, 5) is 24.7. The number of anilines is 1. The summed E-state index contributed by atoms with van der Waals surface area (Å²) in [5.74, 6) is 0.187. The van der Waals surface area contributed by atoms with E-state index in [0.29, 0.717) is 4.88 Å². The molecule has 0 spiro atoms. The Morgan fingerprint density at radius 2 is 2.05 bits per heavy atom. The van der Waals surface area contributed by atoms with Gasteiger partial charge in [-0.15, -0.1) is 11.3 Å². The van der Waals surface area contributed by atoms with E-state index in [1.807, 2.05) is 33.8 Å². The van der Waals surface area contributed by atoms with Crippen LogP contribution < -0.4 is 10.6 Å². The van der Waals surface area contributed by atoms with Gasteiger partial charge in [-0.2, -0.15) is 0 Å². The molecule has 1 aliphatic rings. The quantitative estimate of drug-likeness (QED) is 0.875. The van der Waals surface area contributed by atoms with Gasteiger partial charge in [0.15, 0.2) is 0 Å². The Kier molecular flexibility index (Phi) is 4.18. The van der Waals surface area contributed by atoms with Crippen LogP contribution in [0.25, 0.3) is 0 Å². The first-order valence-electron chi connectivity index (χ1n) is 7.06. The molecular formula is C15H22N2O2S. The van der Waals surface area contributed by atoms with E-state index >= 15 is 0 Å². The molecule has 2 N–H and O–H groups in total. The Hall–Kier alpha value is -1.36. The summed E-state index contributed by atoms with van der Waals surface area (Å²) in [7, 11) is 0. The van der Waals surface area contributed by atoms with Crippen molar-refractivity contribution in [2.24, 2.45) is 5.92 Å². The van der Waals surface area contributed by atoms with Crippen molar-refractivity contribution in [3.63, 3.8) is 0 Å². The second-order valence-electron chi connectivity index (χ2n) is 6.08. The SMILES string of the molecule is CCC(C)(C)NC(=O)c1sc(NC(=O)C2CC2)cc1C. The topological polar surface area (TPSA) is 58.2 Å². The molecule has 0 saturated heterocycles. The highest BCUT2D eigenvalue weighted by atomic mass is 32.1. The number of carbonyl (C=O) groups excluding carboxylic acids is 2. The monoisotopic (exact) mass is 294 g/mol. The molecule has 1 fully saturated rings. The van der Waals surface area contributed by atoms with Crippen molar-refractivity contribution in [1.82, 2.24) is 5.32 Å². The summed E-state index contributed by atoms with van der Waals surface area (Å²) in [6.45, 7) is 7.95. The summed E-state index contributed by atoms with van der Waals surface area (Å²) in [5, 5.41) is 6.68. The Bertz CT molecular complexity index is 530. The molecule has 1 aromatic rings. The molecule has 20 heavy (non-hydrogen) atoms. The fourth-order valence-corrected chi connectivity index (χ4v) is 2.76. The van der Waals surface area contributed by atoms with Crippen LogP contribution in [0.1, 0.15) is 55.3 Å². The van der Waals surface area contributed by atoms with Crippen molar-refractivity contribution in [1.29, 1.82) is 0 Å². The van der Waals surface area contributed by atoms with Crippen LogP contribution in [0.5, 0.6) is 0 Å². The lowest BCUT2D eigenvalue weighted by Gasteiger charge is -2.24. The Balaban J connectivity index is 2.06. The van der Waals surface area contributed by atoms with Crippen molar-refractivity contribution < 1.29 is 9.59 Å². The van der Waals surface area contributed by atoms with Crippen LogP contribution in [-0.2, 0) is 4.79 Å². The van der Waals surface area contributed by atoms with Crippen LogP contribution in [0.4, 0.5) is 5.00 Å². The molecule has 0 aliphatic heterocycles. The van der Waals surface area contributed by atoms with Crippen LogP contribution >= 0.6 is 11.3 Å². The van der Waals surface area contributed by atoms with Gasteiger partial charge in [-0.25, -0.2) is 0 Å². The van der Waals surface area contributed by atoms with Crippen molar-refractivity contribution >= 4 is 28.2 Å². The highest BCUT2D eigenvalue weighted by molar-refractivity contribution is 7.18. The normalized spacial score (nSPS) is 15.0. The first kappa shape index (κ1) is 15.0. The standard InChI is InChI=1S/C15H22N2O2S/c1-5-15(3,4)17-14(19)12-9(2)8-11(20-12)16-13(18)10-6-7-10/h8,10H,5-7H2,1-4H3,(H,16,18)(H,17,19). The first-order valence-corrected chi connectivity index (χ1v) is 7.88. The number of amides is 2. The second-order valence-corrected chi connectivity index (χ2v) is 7.13. The van der Waals surface area contributed by atoms with E-state index in [-0.39, 0.29) is 23.3 Å². The largest absolute Gasteiger partial charge is 0.346 e. The van der Waals surface area contributed by atoms with E-state index in [1.54, 1.807) is 0 Å². The molecular weight excluding hydrogens is 272 g/mol. The number of hydrogen-bond acceptors (Lipinski definition) is 3. The van der Waals surface area contributed by atoms with Crippen molar-refractivity contribution in [2.75, 3.05) is 5.32 Å². The average molecular weight is 294 g/mol. The van der Waals surface area contributed by atoms with E-state index in [9.17, 15) is 9.59 Å². The lowest BCUT2D eigenvalue weighted by atomic mass is 10.0. The molecule has 1 heterocycles. The Morgan fingerprint density at radius 3 is 2.60 bits per heavy atom. The molecule has 5 heteroatoms. The molecule has 110 valence electrons. The molecule has 2 amide bonds. The van der Waals surface area contributed by atoms with Crippen LogP contribution in [0, 0.1) is 12.8 Å². The highest BCUT2D eigenvalue weighted by Gasteiger charge is 2.30. The number of carbonyl (C=O) groups is 2. The molecule has 0 radical (unpaired) electrons. The van der Waals surface area contributed by atoms with Gasteiger partial charge in [0, 0.05) is 11.5 Å². The summed E-state index contributed by atoms with van der Waals surface area (Å²) < 4.78 is 0. The molecule has 0 unspecified atom stereocenters.